The van der Waals surface area contributed by atoms with Crippen LogP contribution in [0.5, 0.6) is 0 Å². The van der Waals surface area contributed by atoms with Crippen LogP contribution in [0, 0.1) is 0 Å². The summed E-state index contributed by atoms with van der Waals surface area (Å²) < 4.78 is 23.3. The van der Waals surface area contributed by atoms with Gasteiger partial charge in [-0.05, 0) is 83.5 Å². The van der Waals surface area contributed by atoms with Crippen molar-refractivity contribution in [1.29, 1.82) is 0 Å². The smallest absolute Gasteiger partial charge is 0.268 e. The molecule has 0 fully saturated rings. The van der Waals surface area contributed by atoms with Gasteiger partial charge in [-0.3, -0.25) is 9.36 Å². The van der Waals surface area contributed by atoms with Crippen molar-refractivity contribution in [2.75, 3.05) is 40.9 Å². The Balaban J connectivity index is 4.27. The molecular weight excluding hydrogens is 912 g/mol. The van der Waals surface area contributed by atoms with Crippen molar-refractivity contribution in [1.82, 2.24) is 5.32 Å². The minimum atomic E-state index is -4.62. The maximum atomic E-state index is 13.0. The molecule has 418 valence electrons. The van der Waals surface area contributed by atoms with Gasteiger partial charge in [0.05, 0.1) is 39.9 Å². The van der Waals surface area contributed by atoms with Gasteiger partial charge in [0.2, 0.25) is 5.91 Å². The Hall–Kier alpha value is -2.32. The Labute approximate surface area is 446 Å². The third-order valence-corrected chi connectivity index (χ3v) is 14.0. The molecule has 0 aliphatic heterocycles. The normalized spacial score (nSPS) is 14.5. The van der Waals surface area contributed by atoms with Crippen molar-refractivity contribution < 1.29 is 32.9 Å². The molecule has 3 unspecified atom stereocenters. The number of nitrogens with one attached hydrogen (secondary N) is 1. The number of unbranched alkanes of at least 4 members (excludes halogenated alkanes) is 29. The first kappa shape index (κ1) is 69.7. The van der Waals surface area contributed by atoms with Crippen LogP contribution >= 0.6 is 7.82 Å². The first-order chi connectivity index (χ1) is 35.0. The van der Waals surface area contributed by atoms with E-state index in [0.29, 0.717) is 17.4 Å². The van der Waals surface area contributed by atoms with Gasteiger partial charge in [-0.1, -0.05) is 253 Å². The van der Waals surface area contributed by atoms with E-state index in [9.17, 15) is 19.4 Å². The summed E-state index contributed by atoms with van der Waals surface area (Å²) in [7, 11) is 1.22. The summed E-state index contributed by atoms with van der Waals surface area (Å²) in [5.41, 5.74) is 0. The maximum Gasteiger partial charge on any atom is 0.268 e. The zero-order valence-corrected chi connectivity index (χ0v) is 48.5. The molecule has 0 saturated carbocycles. The Morgan fingerprint density at radius 3 is 1.29 bits per heavy atom. The number of quaternary nitrogens is 1. The number of hydrogen-bond donors (Lipinski definition) is 2. The second-order valence-corrected chi connectivity index (χ2v) is 22.7. The number of aliphatic hydroxyl groups excluding tert-OH is 1. The summed E-state index contributed by atoms with van der Waals surface area (Å²) >= 11 is 0. The number of carbonyl (C=O) groups is 1. The van der Waals surface area contributed by atoms with E-state index >= 15 is 0 Å². The van der Waals surface area contributed by atoms with Crippen molar-refractivity contribution in [2.24, 2.45) is 0 Å². The molecule has 72 heavy (non-hydrogen) atoms. The Morgan fingerprint density at radius 1 is 0.500 bits per heavy atom. The molecule has 0 spiro atoms. The summed E-state index contributed by atoms with van der Waals surface area (Å²) in [6.07, 6.45) is 75.3. The molecule has 0 rings (SSSR count). The lowest BCUT2D eigenvalue weighted by atomic mass is 10.0. The molecule has 0 aliphatic rings. The summed E-state index contributed by atoms with van der Waals surface area (Å²) in [5, 5.41) is 13.9. The predicted molar refractivity (Wildman–Crippen MR) is 311 cm³/mol. The monoisotopic (exact) mass is 1030 g/mol. The second kappa shape index (κ2) is 53.5. The number of phosphoric ester groups is 1. The highest BCUT2D eigenvalue weighted by Gasteiger charge is 2.23. The van der Waals surface area contributed by atoms with Crippen LogP contribution in [0.2, 0.25) is 0 Å². The number of amides is 1. The van der Waals surface area contributed by atoms with Gasteiger partial charge in [0, 0.05) is 6.42 Å². The van der Waals surface area contributed by atoms with Crippen molar-refractivity contribution in [3.8, 4) is 0 Å². The fourth-order valence-corrected chi connectivity index (χ4v) is 9.14. The molecule has 0 aromatic heterocycles. The average Bonchev–Trinajstić information content (AvgIpc) is 3.34. The maximum absolute atomic E-state index is 13.0. The van der Waals surface area contributed by atoms with E-state index in [-0.39, 0.29) is 12.5 Å². The van der Waals surface area contributed by atoms with Gasteiger partial charge in [0.25, 0.3) is 7.82 Å². The highest BCUT2D eigenvalue weighted by Crippen LogP contribution is 2.38. The van der Waals surface area contributed by atoms with Gasteiger partial charge in [-0.2, -0.15) is 0 Å². The molecular formula is C63H115N2O6P. The van der Waals surface area contributed by atoms with Crippen LogP contribution in [0.1, 0.15) is 258 Å². The van der Waals surface area contributed by atoms with E-state index in [2.05, 4.69) is 92.1 Å². The standard InChI is InChI=1S/C63H115N2O6P/c1-6-8-10-12-14-16-18-20-22-24-26-28-29-30-31-32-33-34-35-37-38-40-42-44-46-48-50-52-54-56-62(66)61(60-71-72(68,69)70-59-58-65(3,4)5)64-63(67)57-55-53-51-49-47-45-43-41-39-36-27-25-23-21-19-17-15-13-11-9-7-2/h9,11,15,17,21,23,27,36,38,40,46,48,54,56,61-62,66H,6-8,10,12-14,16,18-20,22,24-26,28-35,37,39,41-45,47,49-53,55,57-60H2,1-5H3,(H-,64,67,68,69)/b11-9-,17-15-,23-21-,36-27-,40-38+,48-46+,56-54+. The molecule has 1 amide bonds. The summed E-state index contributed by atoms with van der Waals surface area (Å²) in [5.74, 6) is -0.221. The number of phosphoric acid groups is 1. The molecule has 8 nitrogen and oxygen atoms in total. The van der Waals surface area contributed by atoms with Gasteiger partial charge >= 0.3 is 0 Å². The molecule has 0 heterocycles. The topological polar surface area (TPSA) is 108 Å². The molecule has 0 bridgehead atoms. The number of hydrogen-bond acceptors (Lipinski definition) is 6. The average molecular weight is 1030 g/mol. The molecule has 9 heteroatoms. The van der Waals surface area contributed by atoms with E-state index in [0.717, 1.165) is 83.5 Å². The second-order valence-electron chi connectivity index (χ2n) is 21.3. The lowest BCUT2D eigenvalue weighted by Gasteiger charge is -2.29. The Bertz CT molecular complexity index is 1450. The van der Waals surface area contributed by atoms with Gasteiger partial charge < -0.3 is 28.8 Å². The minimum absolute atomic E-state index is 0.0146. The van der Waals surface area contributed by atoms with Gasteiger partial charge in [-0.25, -0.2) is 0 Å². The van der Waals surface area contributed by atoms with Crippen LogP contribution in [-0.4, -0.2) is 68.5 Å². The Morgan fingerprint density at radius 2 is 0.861 bits per heavy atom. The number of nitrogens with zero attached hydrogens (tertiary/aromatic N) is 1. The van der Waals surface area contributed by atoms with Crippen LogP contribution in [-0.2, 0) is 18.4 Å². The summed E-state index contributed by atoms with van der Waals surface area (Å²) in [4.78, 5) is 25.5. The van der Waals surface area contributed by atoms with Crippen LogP contribution in [0.25, 0.3) is 0 Å². The minimum Gasteiger partial charge on any atom is -0.756 e. The van der Waals surface area contributed by atoms with E-state index in [1.807, 2.05) is 27.2 Å². The summed E-state index contributed by atoms with van der Waals surface area (Å²) in [6.45, 7) is 4.51. The number of aliphatic hydroxyl groups is 1. The van der Waals surface area contributed by atoms with Gasteiger partial charge in [0.15, 0.2) is 0 Å². The highest BCUT2D eigenvalue weighted by atomic mass is 31.2. The Kier molecular flexibility index (Phi) is 51.8. The predicted octanol–water partition coefficient (Wildman–Crippen LogP) is 17.8. The fraction of sp³-hybridized carbons (Fsp3) is 0.762. The number of likely N-dealkylation sites (N-methyl/N-ethyl adjacent to an activating group) is 1. The fourth-order valence-electron chi connectivity index (χ4n) is 8.41. The molecule has 0 aromatic rings. The third-order valence-electron chi connectivity index (χ3n) is 13.1. The van der Waals surface area contributed by atoms with Crippen LogP contribution in [0.4, 0.5) is 0 Å². The van der Waals surface area contributed by atoms with E-state index in [1.54, 1.807) is 6.08 Å². The van der Waals surface area contributed by atoms with E-state index in [1.165, 1.54) is 154 Å². The zero-order valence-electron chi connectivity index (χ0n) is 47.6. The van der Waals surface area contributed by atoms with Crippen molar-refractivity contribution >= 4 is 13.7 Å². The lowest BCUT2D eigenvalue weighted by Crippen LogP contribution is -2.45. The van der Waals surface area contributed by atoms with Crippen molar-refractivity contribution in [2.45, 2.75) is 270 Å². The van der Waals surface area contributed by atoms with Crippen molar-refractivity contribution in [3.63, 3.8) is 0 Å². The number of carbonyl (C=O) groups excluding carboxylic acids is 1. The number of allylic oxidation sites excluding steroid dienone is 13. The first-order valence-corrected chi connectivity index (χ1v) is 31.4. The first-order valence-electron chi connectivity index (χ1n) is 29.9. The zero-order chi connectivity index (χ0) is 52.7. The molecule has 0 aromatic carbocycles. The van der Waals surface area contributed by atoms with E-state index < -0.39 is 26.6 Å². The molecule has 2 N–H and O–H groups in total. The number of rotatable bonds is 54. The van der Waals surface area contributed by atoms with Crippen molar-refractivity contribution in [3.05, 3.63) is 85.1 Å². The van der Waals surface area contributed by atoms with Crippen LogP contribution in [0.3, 0.4) is 0 Å². The molecule has 0 aliphatic carbocycles. The molecule has 0 saturated heterocycles. The van der Waals surface area contributed by atoms with Gasteiger partial charge in [-0.15, -0.1) is 0 Å². The largest absolute Gasteiger partial charge is 0.756 e. The SMILES string of the molecule is CC/C=C\C/C=C\C/C=C\C/C=C\CCCCCCCCCCC(=O)NC(COP(=O)([O-])OCC[N+](C)(C)C)C(O)/C=C/CC/C=C/CC/C=C/CCCCCCCCCCCCCCCCCCCCC. The van der Waals surface area contributed by atoms with Crippen LogP contribution < -0.4 is 10.2 Å². The molecule has 3 atom stereocenters. The van der Waals surface area contributed by atoms with Gasteiger partial charge in [0.1, 0.15) is 13.2 Å². The molecule has 0 radical (unpaired) electrons. The van der Waals surface area contributed by atoms with E-state index in [4.69, 9.17) is 9.05 Å². The third kappa shape index (κ3) is 55.4. The van der Waals surface area contributed by atoms with Crippen LogP contribution in [0.15, 0.2) is 85.1 Å². The highest BCUT2D eigenvalue weighted by molar-refractivity contribution is 7.45. The quantitative estimate of drug-likeness (QED) is 0.0272. The lowest BCUT2D eigenvalue weighted by molar-refractivity contribution is -0.870. The summed E-state index contributed by atoms with van der Waals surface area (Å²) in [6, 6.07) is -0.921.